The van der Waals surface area contributed by atoms with Crippen LogP contribution in [0.3, 0.4) is 0 Å². The minimum atomic E-state index is 0.0609. The summed E-state index contributed by atoms with van der Waals surface area (Å²) in [6, 6.07) is 0. The van der Waals surface area contributed by atoms with E-state index in [1.807, 2.05) is 0 Å². The monoisotopic (exact) mass is 212 g/mol. The molecule has 2 fully saturated rings. The fraction of sp³-hybridized carbons (Fsp3) is 0.909. The maximum absolute atomic E-state index is 11.6. The molecule has 0 aromatic rings. The Labute approximate surface area is 90.8 Å². The molecule has 0 aromatic heterocycles. The Morgan fingerprint density at radius 3 is 3.00 bits per heavy atom. The lowest BCUT2D eigenvalue weighted by atomic mass is 10.1. The van der Waals surface area contributed by atoms with Gasteiger partial charge < -0.3 is 15.4 Å². The van der Waals surface area contributed by atoms with Crippen LogP contribution in [0.4, 0.5) is 0 Å². The molecule has 1 saturated heterocycles. The van der Waals surface area contributed by atoms with Crippen molar-refractivity contribution in [2.45, 2.75) is 32.3 Å². The highest BCUT2D eigenvalue weighted by molar-refractivity contribution is 5.76. The summed E-state index contributed by atoms with van der Waals surface area (Å²) < 4.78 is 5.47. The fourth-order valence-corrected chi connectivity index (χ4v) is 1.73. The Bertz CT molecular complexity index is 233. The molecule has 1 saturated carbocycles. The zero-order valence-electron chi connectivity index (χ0n) is 9.34. The molecule has 86 valence electrons. The first-order chi connectivity index (χ1) is 7.18. The molecule has 1 atom stereocenters. The van der Waals surface area contributed by atoms with Crippen LogP contribution in [0.5, 0.6) is 0 Å². The first-order valence-corrected chi connectivity index (χ1v) is 5.77. The maximum Gasteiger partial charge on any atom is 0.222 e. The lowest BCUT2D eigenvalue weighted by molar-refractivity contribution is -0.124. The summed E-state index contributed by atoms with van der Waals surface area (Å²) in [6.07, 6.45) is 3.04. The summed E-state index contributed by atoms with van der Waals surface area (Å²) in [7, 11) is 0. The second-order valence-electron chi connectivity index (χ2n) is 4.99. The predicted octanol–water partition coefficient (Wildman–Crippen LogP) is 0.281. The Kier molecular flexibility index (Phi) is 3.26. The number of morpholine rings is 1. The van der Waals surface area contributed by atoms with Crippen LogP contribution in [-0.2, 0) is 9.53 Å². The standard InChI is InChI=1S/C11H20N2O2/c1-11(2-3-11)8-13-10(14)6-9-7-12-4-5-15-9/h9,12H,2-8H2,1H3,(H,13,14). The molecule has 4 heteroatoms. The van der Waals surface area contributed by atoms with Gasteiger partial charge >= 0.3 is 0 Å². The van der Waals surface area contributed by atoms with Crippen molar-refractivity contribution in [2.24, 2.45) is 5.41 Å². The molecule has 2 rings (SSSR count). The Hall–Kier alpha value is -0.610. The van der Waals surface area contributed by atoms with E-state index in [1.165, 1.54) is 12.8 Å². The van der Waals surface area contributed by atoms with Crippen molar-refractivity contribution >= 4 is 5.91 Å². The number of carbonyl (C=O) groups is 1. The quantitative estimate of drug-likeness (QED) is 0.704. The number of ether oxygens (including phenoxy) is 1. The molecule has 0 bridgehead atoms. The van der Waals surface area contributed by atoms with Gasteiger partial charge in [0.05, 0.1) is 19.1 Å². The Morgan fingerprint density at radius 1 is 1.60 bits per heavy atom. The molecule has 1 amide bonds. The van der Waals surface area contributed by atoms with Crippen molar-refractivity contribution in [2.75, 3.05) is 26.2 Å². The smallest absolute Gasteiger partial charge is 0.222 e. The Balaban J connectivity index is 1.62. The third-order valence-corrected chi connectivity index (χ3v) is 3.23. The van der Waals surface area contributed by atoms with Crippen LogP contribution in [0.1, 0.15) is 26.2 Å². The zero-order valence-corrected chi connectivity index (χ0v) is 9.34. The highest BCUT2D eigenvalue weighted by Gasteiger charge is 2.37. The lowest BCUT2D eigenvalue weighted by Crippen LogP contribution is -2.42. The minimum absolute atomic E-state index is 0.0609. The normalized spacial score (nSPS) is 28.5. The summed E-state index contributed by atoms with van der Waals surface area (Å²) in [5.74, 6) is 0.122. The van der Waals surface area contributed by atoms with Crippen molar-refractivity contribution in [1.82, 2.24) is 10.6 Å². The van der Waals surface area contributed by atoms with Gasteiger partial charge in [-0.05, 0) is 18.3 Å². The van der Waals surface area contributed by atoms with Crippen LogP contribution in [0.25, 0.3) is 0 Å². The largest absolute Gasteiger partial charge is 0.375 e. The third kappa shape index (κ3) is 3.47. The maximum atomic E-state index is 11.6. The van der Waals surface area contributed by atoms with Crippen LogP contribution in [-0.4, -0.2) is 38.3 Å². The van der Waals surface area contributed by atoms with Crippen molar-refractivity contribution in [3.8, 4) is 0 Å². The predicted molar refractivity (Wildman–Crippen MR) is 57.6 cm³/mol. The highest BCUT2D eigenvalue weighted by Crippen LogP contribution is 2.43. The van der Waals surface area contributed by atoms with E-state index in [1.54, 1.807) is 0 Å². The van der Waals surface area contributed by atoms with Crippen molar-refractivity contribution in [3.63, 3.8) is 0 Å². The number of amides is 1. The van der Waals surface area contributed by atoms with E-state index >= 15 is 0 Å². The number of hydrogen-bond donors (Lipinski definition) is 2. The van der Waals surface area contributed by atoms with Gasteiger partial charge in [-0.15, -0.1) is 0 Å². The third-order valence-electron chi connectivity index (χ3n) is 3.23. The van der Waals surface area contributed by atoms with E-state index in [2.05, 4.69) is 17.6 Å². The van der Waals surface area contributed by atoms with Gasteiger partial charge in [-0.2, -0.15) is 0 Å². The van der Waals surface area contributed by atoms with Crippen LogP contribution in [0.2, 0.25) is 0 Å². The average molecular weight is 212 g/mol. The van der Waals surface area contributed by atoms with Crippen LogP contribution in [0, 0.1) is 5.41 Å². The van der Waals surface area contributed by atoms with E-state index in [0.717, 1.165) is 26.2 Å². The van der Waals surface area contributed by atoms with Gasteiger partial charge in [0.2, 0.25) is 5.91 Å². The van der Waals surface area contributed by atoms with Crippen molar-refractivity contribution in [1.29, 1.82) is 0 Å². The van der Waals surface area contributed by atoms with E-state index in [-0.39, 0.29) is 12.0 Å². The molecule has 0 radical (unpaired) electrons. The number of hydrogen-bond acceptors (Lipinski definition) is 3. The second kappa shape index (κ2) is 4.49. The SMILES string of the molecule is CC1(CNC(=O)CC2CNCCO2)CC1. The number of nitrogens with one attached hydrogen (secondary N) is 2. The van der Waals surface area contributed by atoms with Gasteiger partial charge in [-0.3, -0.25) is 4.79 Å². The van der Waals surface area contributed by atoms with Gasteiger partial charge in [0, 0.05) is 19.6 Å². The molecule has 2 N–H and O–H groups in total. The molecule has 1 heterocycles. The molecular weight excluding hydrogens is 192 g/mol. The van der Waals surface area contributed by atoms with E-state index in [0.29, 0.717) is 11.8 Å². The summed E-state index contributed by atoms with van der Waals surface area (Å²) in [5.41, 5.74) is 0.390. The Morgan fingerprint density at radius 2 is 2.40 bits per heavy atom. The topological polar surface area (TPSA) is 50.4 Å². The average Bonchev–Trinajstić information content (AvgIpc) is 2.96. The first-order valence-electron chi connectivity index (χ1n) is 5.77. The van der Waals surface area contributed by atoms with Gasteiger partial charge in [0.25, 0.3) is 0 Å². The molecule has 0 spiro atoms. The van der Waals surface area contributed by atoms with Crippen LogP contribution < -0.4 is 10.6 Å². The zero-order chi connectivity index (χ0) is 10.7. The van der Waals surface area contributed by atoms with Gasteiger partial charge in [-0.1, -0.05) is 6.92 Å². The molecule has 1 aliphatic carbocycles. The lowest BCUT2D eigenvalue weighted by Gasteiger charge is -2.23. The van der Waals surface area contributed by atoms with Crippen molar-refractivity contribution < 1.29 is 9.53 Å². The van der Waals surface area contributed by atoms with E-state index in [9.17, 15) is 4.79 Å². The molecule has 2 aliphatic rings. The molecule has 1 unspecified atom stereocenters. The van der Waals surface area contributed by atoms with Gasteiger partial charge in [-0.25, -0.2) is 0 Å². The minimum Gasteiger partial charge on any atom is -0.375 e. The van der Waals surface area contributed by atoms with E-state index in [4.69, 9.17) is 4.74 Å². The summed E-state index contributed by atoms with van der Waals surface area (Å²) in [4.78, 5) is 11.6. The molecule has 4 nitrogen and oxygen atoms in total. The van der Waals surface area contributed by atoms with Gasteiger partial charge in [0.1, 0.15) is 0 Å². The van der Waals surface area contributed by atoms with E-state index < -0.39 is 0 Å². The molecule has 15 heavy (non-hydrogen) atoms. The molecular formula is C11H20N2O2. The van der Waals surface area contributed by atoms with Crippen molar-refractivity contribution in [3.05, 3.63) is 0 Å². The number of carbonyl (C=O) groups excluding carboxylic acids is 1. The highest BCUT2D eigenvalue weighted by atomic mass is 16.5. The van der Waals surface area contributed by atoms with Crippen LogP contribution >= 0.6 is 0 Å². The van der Waals surface area contributed by atoms with Gasteiger partial charge in [0.15, 0.2) is 0 Å². The summed E-state index contributed by atoms with van der Waals surface area (Å²) in [5, 5.41) is 6.21. The first kappa shape index (κ1) is 10.9. The second-order valence-corrected chi connectivity index (χ2v) is 4.99. The fourth-order valence-electron chi connectivity index (χ4n) is 1.73. The van der Waals surface area contributed by atoms with Crippen LogP contribution in [0.15, 0.2) is 0 Å². The molecule has 1 aliphatic heterocycles. The summed E-state index contributed by atoms with van der Waals surface area (Å²) >= 11 is 0. The molecule has 0 aromatic carbocycles. The number of rotatable bonds is 4. The summed E-state index contributed by atoms with van der Waals surface area (Å²) in [6.45, 7) is 5.45.